The van der Waals surface area contributed by atoms with Crippen LogP contribution in [0.1, 0.15) is 30.0 Å². The topological polar surface area (TPSA) is 106 Å². The van der Waals surface area contributed by atoms with Gasteiger partial charge in [-0.2, -0.15) is 5.10 Å². The molecule has 1 heterocycles. The number of aryl methyl sites for hydroxylation is 2. The van der Waals surface area contributed by atoms with Crippen LogP contribution in [0.25, 0.3) is 0 Å². The van der Waals surface area contributed by atoms with E-state index >= 15 is 0 Å². The van der Waals surface area contributed by atoms with Gasteiger partial charge < -0.3 is 16.3 Å². The Hall–Kier alpha value is -2.05. The Balaban J connectivity index is 2.77. The van der Waals surface area contributed by atoms with Crippen LogP contribution in [-0.4, -0.2) is 33.3 Å². The number of nitrogens with zero attached hydrogens (tertiary/aromatic N) is 3. The summed E-state index contributed by atoms with van der Waals surface area (Å²) in [6, 6.07) is 1.74. The second-order valence-corrected chi connectivity index (χ2v) is 3.46. The summed E-state index contributed by atoms with van der Waals surface area (Å²) in [6.07, 6.45) is 0.771. The first-order valence-electron chi connectivity index (χ1n) is 5.43. The lowest BCUT2D eigenvalue weighted by Gasteiger charge is -2.05. The molecule has 1 rings (SSSR count). The molecule has 4 N–H and O–H groups in total. The third-order valence-corrected chi connectivity index (χ3v) is 2.28. The van der Waals surface area contributed by atoms with Gasteiger partial charge in [0.2, 0.25) is 0 Å². The number of carbonyl (C=O) groups excluding carboxylic acids is 1. The van der Waals surface area contributed by atoms with Gasteiger partial charge in [0.15, 0.2) is 5.84 Å². The molecule has 0 fully saturated rings. The highest BCUT2D eigenvalue weighted by molar-refractivity contribution is 5.95. The van der Waals surface area contributed by atoms with Gasteiger partial charge in [-0.25, -0.2) is 0 Å². The van der Waals surface area contributed by atoms with Crippen molar-refractivity contribution in [2.75, 3.05) is 6.54 Å². The molecular weight excluding hydrogens is 222 g/mol. The molecule has 0 aliphatic heterocycles. The number of hydrogen-bond donors (Lipinski definition) is 3. The zero-order valence-electron chi connectivity index (χ0n) is 9.97. The van der Waals surface area contributed by atoms with E-state index in [9.17, 15) is 4.79 Å². The van der Waals surface area contributed by atoms with Crippen LogP contribution < -0.4 is 11.1 Å². The Morgan fingerprint density at radius 2 is 2.35 bits per heavy atom. The van der Waals surface area contributed by atoms with Gasteiger partial charge in [0, 0.05) is 6.54 Å². The average molecular weight is 239 g/mol. The molecule has 0 unspecified atom stereocenters. The van der Waals surface area contributed by atoms with Gasteiger partial charge in [0.25, 0.3) is 5.91 Å². The van der Waals surface area contributed by atoms with Gasteiger partial charge >= 0.3 is 0 Å². The van der Waals surface area contributed by atoms with Gasteiger partial charge in [-0.1, -0.05) is 12.1 Å². The van der Waals surface area contributed by atoms with Crippen molar-refractivity contribution in [3.63, 3.8) is 0 Å². The molecule has 0 aliphatic carbocycles. The largest absolute Gasteiger partial charge is 0.409 e. The van der Waals surface area contributed by atoms with E-state index in [-0.39, 0.29) is 18.3 Å². The Morgan fingerprint density at radius 3 is 2.88 bits per heavy atom. The van der Waals surface area contributed by atoms with Crippen molar-refractivity contribution < 1.29 is 10.0 Å². The maximum atomic E-state index is 11.8. The molecule has 0 aliphatic rings. The number of hydrogen-bond acceptors (Lipinski definition) is 4. The van der Waals surface area contributed by atoms with Crippen LogP contribution >= 0.6 is 0 Å². The number of oxime groups is 1. The third-order valence-electron chi connectivity index (χ3n) is 2.28. The van der Waals surface area contributed by atoms with E-state index in [1.807, 2.05) is 13.8 Å². The van der Waals surface area contributed by atoms with Crippen molar-refractivity contribution in [1.82, 2.24) is 15.1 Å². The summed E-state index contributed by atoms with van der Waals surface area (Å²) < 4.78 is 1.63. The Labute approximate surface area is 99.3 Å². The summed E-state index contributed by atoms with van der Waals surface area (Å²) in [6.45, 7) is 4.51. The molecule has 17 heavy (non-hydrogen) atoms. The number of amides is 1. The molecular formula is C10H17N5O2. The van der Waals surface area contributed by atoms with Crippen LogP contribution in [0.15, 0.2) is 11.2 Å². The minimum atomic E-state index is -0.286. The maximum Gasteiger partial charge on any atom is 0.269 e. The summed E-state index contributed by atoms with van der Waals surface area (Å²) in [5, 5.41) is 17.9. The van der Waals surface area contributed by atoms with Gasteiger partial charge in [0.05, 0.1) is 12.2 Å². The van der Waals surface area contributed by atoms with Gasteiger partial charge in [-0.05, 0) is 19.4 Å². The Bertz CT molecular complexity index is 424. The van der Waals surface area contributed by atoms with E-state index in [0.717, 1.165) is 12.1 Å². The van der Waals surface area contributed by atoms with E-state index in [2.05, 4.69) is 15.6 Å². The van der Waals surface area contributed by atoms with Crippen molar-refractivity contribution in [3.05, 3.63) is 17.5 Å². The van der Waals surface area contributed by atoms with Crippen molar-refractivity contribution in [2.45, 2.75) is 26.8 Å². The molecule has 0 aromatic carbocycles. The van der Waals surface area contributed by atoms with E-state index in [1.54, 1.807) is 10.7 Å². The van der Waals surface area contributed by atoms with Crippen LogP contribution in [0.3, 0.4) is 0 Å². The number of amidine groups is 1. The predicted octanol–water partition coefficient (Wildman–Crippen LogP) is -0.0584. The lowest BCUT2D eigenvalue weighted by atomic mass is 10.3. The highest BCUT2D eigenvalue weighted by Gasteiger charge is 2.13. The molecule has 0 atom stereocenters. The summed E-state index contributed by atoms with van der Waals surface area (Å²) in [5.74, 6) is -0.331. The molecule has 0 spiro atoms. The highest BCUT2D eigenvalue weighted by atomic mass is 16.4. The third kappa shape index (κ3) is 3.20. The van der Waals surface area contributed by atoms with E-state index in [1.165, 1.54) is 0 Å². The Morgan fingerprint density at radius 1 is 1.65 bits per heavy atom. The zero-order valence-corrected chi connectivity index (χ0v) is 9.97. The lowest BCUT2D eigenvalue weighted by Crippen LogP contribution is -2.34. The molecule has 0 radical (unpaired) electrons. The smallest absolute Gasteiger partial charge is 0.269 e. The van der Waals surface area contributed by atoms with Crippen molar-refractivity contribution in [3.8, 4) is 0 Å². The Kier molecular flexibility index (Phi) is 4.50. The fourth-order valence-electron chi connectivity index (χ4n) is 1.36. The molecule has 0 saturated carbocycles. The number of nitrogens with one attached hydrogen (secondary N) is 1. The molecule has 94 valence electrons. The van der Waals surface area contributed by atoms with Gasteiger partial charge in [-0.3, -0.25) is 9.48 Å². The van der Waals surface area contributed by atoms with Crippen molar-refractivity contribution in [2.24, 2.45) is 10.9 Å². The molecule has 1 amide bonds. The number of rotatable bonds is 5. The minimum Gasteiger partial charge on any atom is -0.409 e. The zero-order chi connectivity index (χ0) is 12.8. The summed E-state index contributed by atoms with van der Waals surface area (Å²) in [5.41, 5.74) is 6.61. The maximum absolute atomic E-state index is 11.8. The molecule has 0 saturated heterocycles. The monoisotopic (exact) mass is 239 g/mol. The number of nitrogens with two attached hydrogens (primary N) is 1. The molecule has 7 heteroatoms. The van der Waals surface area contributed by atoms with Crippen LogP contribution in [0.5, 0.6) is 0 Å². The van der Waals surface area contributed by atoms with Crippen LogP contribution in [0, 0.1) is 0 Å². The first kappa shape index (κ1) is 13.0. The lowest BCUT2D eigenvalue weighted by molar-refractivity contribution is 0.0948. The van der Waals surface area contributed by atoms with Gasteiger partial charge in [0.1, 0.15) is 5.69 Å². The molecule has 1 aromatic rings. The fraction of sp³-hybridized carbons (Fsp3) is 0.500. The highest BCUT2D eigenvalue weighted by Crippen LogP contribution is 2.05. The predicted molar refractivity (Wildman–Crippen MR) is 63.0 cm³/mol. The second kappa shape index (κ2) is 5.88. The summed E-state index contributed by atoms with van der Waals surface area (Å²) in [4.78, 5) is 11.8. The molecule has 7 nitrogen and oxygen atoms in total. The fourth-order valence-corrected chi connectivity index (χ4v) is 1.36. The van der Waals surface area contributed by atoms with E-state index in [4.69, 9.17) is 10.9 Å². The average Bonchev–Trinajstić information content (AvgIpc) is 2.78. The van der Waals surface area contributed by atoms with E-state index in [0.29, 0.717) is 12.2 Å². The normalized spacial score (nSPS) is 11.5. The van der Waals surface area contributed by atoms with Crippen LogP contribution in [0.4, 0.5) is 0 Å². The number of aromatic nitrogens is 2. The van der Waals surface area contributed by atoms with E-state index < -0.39 is 0 Å². The first-order chi connectivity index (χ1) is 8.12. The van der Waals surface area contributed by atoms with Crippen molar-refractivity contribution in [1.29, 1.82) is 0 Å². The van der Waals surface area contributed by atoms with Crippen LogP contribution in [-0.2, 0) is 13.0 Å². The van der Waals surface area contributed by atoms with Crippen molar-refractivity contribution >= 4 is 11.7 Å². The quantitative estimate of drug-likeness (QED) is 0.290. The molecule has 0 bridgehead atoms. The summed E-state index contributed by atoms with van der Waals surface area (Å²) in [7, 11) is 0. The molecule has 1 aromatic heterocycles. The SMILES string of the molecule is CCc1cc(C(=O)NCC(N)=NO)n(CC)n1. The first-order valence-corrected chi connectivity index (χ1v) is 5.43. The number of carbonyl (C=O) groups is 1. The van der Waals surface area contributed by atoms with Crippen LogP contribution in [0.2, 0.25) is 0 Å². The summed E-state index contributed by atoms with van der Waals surface area (Å²) >= 11 is 0. The van der Waals surface area contributed by atoms with Gasteiger partial charge in [-0.15, -0.1) is 0 Å². The second-order valence-electron chi connectivity index (χ2n) is 3.46. The standard InChI is InChI=1S/C10H17N5O2/c1-3-7-5-8(15(4-2)13-7)10(16)12-6-9(11)14-17/h5,17H,3-4,6H2,1-2H3,(H2,11,14)(H,12,16). The minimum absolute atomic E-state index is 0.00564.